The fraction of sp³-hybridized carbons (Fsp3) is 0.267. The molecule has 37 heavy (non-hydrogen) atoms. The summed E-state index contributed by atoms with van der Waals surface area (Å²) in [6.45, 7) is 7.86. The van der Waals surface area contributed by atoms with Gasteiger partial charge in [-0.25, -0.2) is 0 Å². The fourth-order valence-electron chi connectivity index (χ4n) is 4.73. The lowest BCUT2D eigenvalue weighted by atomic mass is 9.94. The monoisotopic (exact) mass is 561 g/mol. The standard InChI is InChI=1S/C30H32BrN3O3/c1-6-33(7-2)23-11-8-20(9-12-23)27-26(28(35)21-10-17-25(31)19(3)18-21)29(36)30(37)34(27)24-15-13-22(14-16-24)32(4)5/h8-18,27,35H,6-7H2,1-5H3/b28-26-. The Balaban J connectivity index is 1.89. The molecule has 3 aromatic rings. The van der Waals surface area contributed by atoms with Gasteiger partial charge in [0.05, 0.1) is 11.6 Å². The predicted molar refractivity (Wildman–Crippen MR) is 154 cm³/mol. The molecule has 1 amide bonds. The molecule has 6 nitrogen and oxygen atoms in total. The van der Waals surface area contributed by atoms with Gasteiger partial charge < -0.3 is 14.9 Å². The number of halogens is 1. The third-order valence-electron chi connectivity index (χ3n) is 6.86. The van der Waals surface area contributed by atoms with Gasteiger partial charge in [-0.05, 0) is 80.4 Å². The van der Waals surface area contributed by atoms with Crippen LogP contribution >= 0.6 is 15.9 Å². The highest BCUT2D eigenvalue weighted by molar-refractivity contribution is 9.10. The summed E-state index contributed by atoms with van der Waals surface area (Å²) < 4.78 is 0.897. The molecule has 7 heteroatoms. The smallest absolute Gasteiger partial charge is 0.300 e. The summed E-state index contributed by atoms with van der Waals surface area (Å²) in [7, 11) is 3.89. The summed E-state index contributed by atoms with van der Waals surface area (Å²) in [6.07, 6.45) is 0. The molecule has 1 saturated heterocycles. The second-order valence-electron chi connectivity index (χ2n) is 9.31. The number of ketones is 1. The number of anilines is 3. The first-order valence-corrected chi connectivity index (χ1v) is 13.2. The Morgan fingerprint density at radius 2 is 1.51 bits per heavy atom. The van der Waals surface area contributed by atoms with E-state index in [9.17, 15) is 14.7 Å². The normalized spacial score (nSPS) is 16.8. The summed E-state index contributed by atoms with van der Waals surface area (Å²) in [4.78, 5) is 32.6. The van der Waals surface area contributed by atoms with Crippen molar-refractivity contribution in [2.24, 2.45) is 0 Å². The molecule has 1 atom stereocenters. The minimum atomic E-state index is -0.764. The largest absolute Gasteiger partial charge is 0.507 e. The van der Waals surface area contributed by atoms with Crippen LogP contribution in [0.5, 0.6) is 0 Å². The lowest BCUT2D eigenvalue weighted by Gasteiger charge is -2.27. The Bertz CT molecular complexity index is 1340. The molecule has 1 aliphatic rings. The van der Waals surface area contributed by atoms with Gasteiger partial charge in [-0.1, -0.05) is 34.1 Å². The fourth-order valence-corrected chi connectivity index (χ4v) is 4.98. The number of hydrogen-bond donors (Lipinski definition) is 1. The minimum absolute atomic E-state index is 0.0824. The van der Waals surface area contributed by atoms with Crippen LogP contribution in [0.3, 0.4) is 0 Å². The maximum absolute atomic E-state index is 13.4. The Labute approximate surface area is 226 Å². The topological polar surface area (TPSA) is 64.1 Å². The van der Waals surface area contributed by atoms with Gasteiger partial charge in [-0.15, -0.1) is 0 Å². The summed E-state index contributed by atoms with van der Waals surface area (Å²) in [5.74, 6) is -1.54. The first kappa shape index (κ1) is 26.5. The second-order valence-corrected chi connectivity index (χ2v) is 10.2. The van der Waals surface area contributed by atoms with Crippen LogP contribution in [-0.4, -0.2) is 44.0 Å². The molecule has 4 rings (SSSR count). The van der Waals surface area contributed by atoms with E-state index in [0.29, 0.717) is 11.3 Å². The molecule has 0 bridgehead atoms. The van der Waals surface area contributed by atoms with E-state index in [1.54, 1.807) is 12.1 Å². The number of amides is 1. The molecular weight excluding hydrogens is 530 g/mol. The van der Waals surface area contributed by atoms with Gasteiger partial charge in [-0.2, -0.15) is 0 Å². The number of carbonyl (C=O) groups is 2. The van der Waals surface area contributed by atoms with Crippen molar-refractivity contribution in [1.82, 2.24) is 0 Å². The summed E-state index contributed by atoms with van der Waals surface area (Å²) in [5.41, 5.74) is 4.87. The van der Waals surface area contributed by atoms with Crippen molar-refractivity contribution < 1.29 is 14.7 Å². The van der Waals surface area contributed by atoms with Crippen LogP contribution in [0.4, 0.5) is 17.1 Å². The first-order chi connectivity index (χ1) is 17.7. The number of carbonyl (C=O) groups excluding carboxylic acids is 2. The van der Waals surface area contributed by atoms with Crippen molar-refractivity contribution in [3.8, 4) is 0 Å². The molecule has 3 aromatic carbocycles. The Morgan fingerprint density at radius 1 is 0.919 bits per heavy atom. The van der Waals surface area contributed by atoms with Crippen molar-refractivity contribution in [3.05, 3.63) is 93.5 Å². The highest BCUT2D eigenvalue weighted by Gasteiger charge is 2.47. The van der Waals surface area contributed by atoms with Crippen molar-refractivity contribution in [1.29, 1.82) is 0 Å². The second kappa shape index (κ2) is 10.8. The Hall–Kier alpha value is -3.58. The van der Waals surface area contributed by atoms with Gasteiger partial charge in [-0.3, -0.25) is 14.5 Å². The van der Waals surface area contributed by atoms with Gasteiger partial charge in [0.1, 0.15) is 5.76 Å². The zero-order chi connectivity index (χ0) is 26.9. The van der Waals surface area contributed by atoms with Crippen LogP contribution in [0.1, 0.15) is 36.6 Å². The van der Waals surface area contributed by atoms with Gasteiger partial charge in [0.25, 0.3) is 11.7 Å². The molecule has 0 saturated carbocycles. The van der Waals surface area contributed by atoms with E-state index in [1.165, 1.54) is 4.90 Å². The Morgan fingerprint density at radius 3 is 2.05 bits per heavy atom. The predicted octanol–water partition coefficient (Wildman–Crippen LogP) is 6.30. The van der Waals surface area contributed by atoms with Gasteiger partial charge in [0.2, 0.25) is 0 Å². The van der Waals surface area contributed by atoms with Gasteiger partial charge in [0.15, 0.2) is 0 Å². The van der Waals surface area contributed by atoms with Crippen LogP contribution in [0.15, 0.2) is 76.8 Å². The summed E-state index contributed by atoms with van der Waals surface area (Å²) in [6, 6.07) is 20.0. The molecule has 0 aromatic heterocycles. The number of rotatable bonds is 7. The van der Waals surface area contributed by atoms with Gasteiger partial charge >= 0.3 is 0 Å². The van der Waals surface area contributed by atoms with Crippen molar-refractivity contribution >= 4 is 50.4 Å². The number of Topliss-reactive ketones (excluding diaryl/α,β-unsaturated/α-hetero) is 1. The van der Waals surface area contributed by atoms with Crippen LogP contribution in [0.2, 0.25) is 0 Å². The summed E-state index contributed by atoms with van der Waals surface area (Å²) in [5, 5.41) is 11.4. The SMILES string of the molecule is CCN(CC)c1ccc(C2/C(=C(/O)c3ccc(Br)c(C)c3)C(=O)C(=O)N2c2ccc(N(C)C)cc2)cc1. The number of aliphatic hydroxyl groups excluding tert-OH is 1. The number of nitrogens with zero attached hydrogens (tertiary/aromatic N) is 3. The highest BCUT2D eigenvalue weighted by Crippen LogP contribution is 2.43. The molecule has 1 fully saturated rings. The molecule has 1 N–H and O–H groups in total. The van der Waals surface area contributed by atoms with Crippen LogP contribution in [0, 0.1) is 6.92 Å². The van der Waals surface area contributed by atoms with Crippen LogP contribution in [-0.2, 0) is 9.59 Å². The van der Waals surface area contributed by atoms with E-state index < -0.39 is 17.7 Å². The maximum Gasteiger partial charge on any atom is 0.300 e. The highest BCUT2D eigenvalue weighted by atomic mass is 79.9. The minimum Gasteiger partial charge on any atom is -0.507 e. The lowest BCUT2D eigenvalue weighted by molar-refractivity contribution is -0.132. The molecule has 1 unspecified atom stereocenters. The van der Waals surface area contributed by atoms with Crippen LogP contribution in [0.25, 0.3) is 5.76 Å². The quantitative estimate of drug-likeness (QED) is 0.208. The van der Waals surface area contributed by atoms with Crippen molar-refractivity contribution in [2.75, 3.05) is 41.9 Å². The third-order valence-corrected chi connectivity index (χ3v) is 7.75. The Kier molecular flexibility index (Phi) is 7.73. The molecular formula is C30H32BrN3O3. The average Bonchev–Trinajstić information content (AvgIpc) is 3.16. The van der Waals surface area contributed by atoms with Crippen molar-refractivity contribution in [3.63, 3.8) is 0 Å². The van der Waals surface area contributed by atoms with E-state index in [2.05, 4.69) is 34.7 Å². The average molecular weight is 563 g/mol. The van der Waals surface area contributed by atoms with E-state index in [4.69, 9.17) is 0 Å². The van der Waals surface area contributed by atoms with Crippen LogP contribution < -0.4 is 14.7 Å². The zero-order valence-corrected chi connectivity index (χ0v) is 23.4. The van der Waals surface area contributed by atoms with E-state index in [1.807, 2.05) is 80.5 Å². The third kappa shape index (κ3) is 5.01. The van der Waals surface area contributed by atoms with E-state index in [0.717, 1.165) is 40.1 Å². The zero-order valence-electron chi connectivity index (χ0n) is 21.8. The number of hydrogen-bond acceptors (Lipinski definition) is 5. The molecule has 192 valence electrons. The molecule has 0 spiro atoms. The molecule has 0 radical (unpaired) electrons. The molecule has 0 aliphatic carbocycles. The lowest BCUT2D eigenvalue weighted by Crippen LogP contribution is -2.29. The number of benzene rings is 3. The number of aliphatic hydroxyl groups is 1. The van der Waals surface area contributed by atoms with Gasteiger partial charge in [0, 0.05) is 54.3 Å². The maximum atomic E-state index is 13.4. The molecule has 1 aliphatic heterocycles. The van der Waals surface area contributed by atoms with E-state index in [-0.39, 0.29) is 11.3 Å². The van der Waals surface area contributed by atoms with Crippen molar-refractivity contribution in [2.45, 2.75) is 26.8 Å². The first-order valence-electron chi connectivity index (χ1n) is 12.4. The molecule has 1 heterocycles. The summed E-state index contributed by atoms with van der Waals surface area (Å²) >= 11 is 3.48. The number of aryl methyl sites for hydroxylation is 1. The van der Waals surface area contributed by atoms with E-state index >= 15 is 0 Å².